The van der Waals surface area contributed by atoms with Gasteiger partial charge in [0, 0.05) is 12.2 Å². The summed E-state index contributed by atoms with van der Waals surface area (Å²) < 4.78 is 7.09. The molecule has 0 aliphatic rings. The van der Waals surface area contributed by atoms with E-state index in [0.717, 1.165) is 17.9 Å². The molecule has 0 bridgehead atoms. The maximum atomic E-state index is 11.9. The maximum absolute atomic E-state index is 11.9. The lowest BCUT2D eigenvalue weighted by Gasteiger charge is -2.07. The van der Waals surface area contributed by atoms with Crippen LogP contribution >= 0.6 is 0 Å². The Morgan fingerprint density at radius 1 is 1.42 bits per heavy atom. The van der Waals surface area contributed by atoms with Crippen LogP contribution in [0.2, 0.25) is 0 Å². The second-order valence-corrected chi connectivity index (χ2v) is 4.26. The van der Waals surface area contributed by atoms with Gasteiger partial charge in [-0.1, -0.05) is 12.1 Å². The number of nitrogens with two attached hydrogens (primary N) is 1. The topological polar surface area (TPSA) is 70.1 Å². The standard InChI is InChI=1S/C14H17N3O2/c1-3-17-11(8-10(2)16-17)9-19-14(18)12-6-4-5-7-13(12)15/h4-8H,3,9,15H2,1-2H3. The number of aryl methyl sites for hydroxylation is 2. The molecule has 5 heteroatoms. The van der Waals surface area contributed by atoms with Crippen molar-refractivity contribution in [3.63, 3.8) is 0 Å². The number of carbonyl (C=O) groups excluding carboxylic acids is 1. The number of hydrogen-bond acceptors (Lipinski definition) is 4. The average molecular weight is 259 g/mol. The molecule has 1 heterocycles. The van der Waals surface area contributed by atoms with E-state index in [2.05, 4.69) is 5.10 Å². The first-order chi connectivity index (χ1) is 9.11. The molecule has 19 heavy (non-hydrogen) atoms. The summed E-state index contributed by atoms with van der Waals surface area (Å²) in [5, 5.41) is 4.30. The molecule has 2 aromatic rings. The predicted octanol–water partition coefficient (Wildman–Crippen LogP) is 2.15. The maximum Gasteiger partial charge on any atom is 0.340 e. The summed E-state index contributed by atoms with van der Waals surface area (Å²) >= 11 is 0. The lowest BCUT2D eigenvalue weighted by molar-refractivity contribution is 0.0463. The molecular formula is C14H17N3O2. The third kappa shape index (κ3) is 2.93. The molecule has 0 fully saturated rings. The molecule has 0 aliphatic heterocycles. The number of ether oxygens (including phenoxy) is 1. The fraction of sp³-hybridized carbons (Fsp3) is 0.286. The zero-order valence-electron chi connectivity index (χ0n) is 11.1. The zero-order chi connectivity index (χ0) is 13.8. The molecule has 0 amide bonds. The molecule has 5 nitrogen and oxygen atoms in total. The van der Waals surface area contributed by atoms with Crippen LogP contribution in [-0.2, 0) is 17.9 Å². The number of hydrogen-bond donors (Lipinski definition) is 1. The van der Waals surface area contributed by atoms with Crippen molar-refractivity contribution in [1.29, 1.82) is 0 Å². The van der Waals surface area contributed by atoms with Gasteiger partial charge in [-0.15, -0.1) is 0 Å². The van der Waals surface area contributed by atoms with Gasteiger partial charge in [0.15, 0.2) is 0 Å². The van der Waals surface area contributed by atoms with E-state index in [0.29, 0.717) is 11.3 Å². The number of aromatic nitrogens is 2. The Labute approximate surface area is 112 Å². The van der Waals surface area contributed by atoms with E-state index in [9.17, 15) is 4.79 Å². The molecular weight excluding hydrogens is 242 g/mol. The van der Waals surface area contributed by atoms with E-state index in [-0.39, 0.29) is 6.61 Å². The van der Waals surface area contributed by atoms with E-state index >= 15 is 0 Å². The third-order valence-electron chi connectivity index (χ3n) is 2.82. The van der Waals surface area contributed by atoms with Gasteiger partial charge < -0.3 is 10.5 Å². The Bertz CT molecular complexity index is 590. The van der Waals surface area contributed by atoms with Crippen LogP contribution in [0, 0.1) is 6.92 Å². The van der Waals surface area contributed by atoms with E-state index < -0.39 is 5.97 Å². The number of benzene rings is 1. The van der Waals surface area contributed by atoms with Gasteiger partial charge in [0.1, 0.15) is 6.61 Å². The zero-order valence-corrected chi connectivity index (χ0v) is 11.1. The summed E-state index contributed by atoms with van der Waals surface area (Å²) in [6.45, 7) is 4.84. The molecule has 2 rings (SSSR count). The smallest absolute Gasteiger partial charge is 0.340 e. The van der Waals surface area contributed by atoms with E-state index in [1.807, 2.05) is 24.6 Å². The summed E-state index contributed by atoms with van der Waals surface area (Å²) in [5.41, 5.74) is 8.33. The van der Waals surface area contributed by atoms with Crippen LogP contribution in [0.5, 0.6) is 0 Å². The Balaban J connectivity index is 2.06. The highest BCUT2D eigenvalue weighted by molar-refractivity contribution is 5.94. The largest absolute Gasteiger partial charge is 0.456 e. The fourth-order valence-corrected chi connectivity index (χ4v) is 1.89. The van der Waals surface area contributed by atoms with Crippen LogP contribution in [0.1, 0.15) is 28.7 Å². The number of para-hydroxylation sites is 1. The van der Waals surface area contributed by atoms with Gasteiger partial charge in [-0.25, -0.2) is 4.79 Å². The number of esters is 1. The second kappa shape index (κ2) is 5.56. The number of rotatable bonds is 4. The van der Waals surface area contributed by atoms with E-state index in [1.165, 1.54) is 0 Å². The van der Waals surface area contributed by atoms with Gasteiger partial charge >= 0.3 is 5.97 Å². The molecule has 0 spiro atoms. The molecule has 100 valence electrons. The Hall–Kier alpha value is -2.30. The average Bonchev–Trinajstić information content (AvgIpc) is 2.77. The van der Waals surface area contributed by atoms with Crippen molar-refractivity contribution in [3.05, 3.63) is 47.3 Å². The molecule has 0 saturated carbocycles. The summed E-state index contributed by atoms with van der Waals surface area (Å²) in [5.74, 6) is -0.417. The first-order valence-electron chi connectivity index (χ1n) is 6.16. The van der Waals surface area contributed by atoms with Crippen molar-refractivity contribution in [1.82, 2.24) is 9.78 Å². The van der Waals surface area contributed by atoms with E-state index in [1.54, 1.807) is 24.3 Å². The van der Waals surface area contributed by atoms with Crippen LogP contribution in [0.3, 0.4) is 0 Å². The summed E-state index contributed by atoms with van der Waals surface area (Å²) in [6, 6.07) is 8.78. The first-order valence-corrected chi connectivity index (χ1v) is 6.16. The van der Waals surface area contributed by atoms with Crippen molar-refractivity contribution < 1.29 is 9.53 Å². The highest BCUT2D eigenvalue weighted by Crippen LogP contribution is 2.13. The Morgan fingerprint density at radius 3 is 2.84 bits per heavy atom. The number of carbonyl (C=O) groups is 1. The van der Waals surface area contributed by atoms with Gasteiger partial charge in [-0.2, -0.15) is 5.10 Å². The fourth-order valence-electron chi connectivity index (χ4n) is 1.89. The number of nitrogens with zero attached hydrogens (tertiary/aromatic N) is 2. The van der Waals surface area contributed by atoms with Crippen LogP contribution in [0.25, 0.3) is 0 Å². The van der Waals surface area contributed by atoms with Crippen molar-refractivity contribution >= 4 is 11.7 Å². The van der Waals surface area contributed by atoms with Gasteiger partial charge in [0.2, 0.25) is 0 Å². The number of nitrogen functional groups attached to an aromatic ring is 1. The SMILES string of the molecule is CCn1nc(C)cc1COC(=O)c1ccccc1N. The first kappa shape index (κ1) is 13.1. The minimum Gasteiger partial charge on any atom is -0.456 e. The predicted molar refractivity (Wildman–Crippen MR) is 72.6 cm³/mol. The van der Waals surface area contributed by atoms with Gasteiger partial charge in [0.05, 0.1) is 17.0 Å². The van der Waals surface area contributed by atoms with Crippen LogP contribution in [-0.4, -0.2) is 15.7 Å². The molecule has 0 unspecified atom stereocenters. The minimum absolute atomic E-state index is 0.196. The highest BCUT2D eigenvalue weighted by Gasteiger charge is 2.12. The van der Waals surface area contributed by atoms with E-state index in [4.69, 9.17) is 10.5 Å². The molecule has 0 saturated heterocycles. The quantitative estimate of drug-likeness (QED) is 0.674. The van der Waals surface area contributed by atoms with Crippen molar-refractivity contribution in [2.24, 2.45) is 0 Å². The lowest BCUT2D eigenvalue weighted by atomic mass is 10.2. The molecule has 0 radical (unpaired) electrons. The minimum atomic E-state index is -0.417. The lowest BCUT2D eigenvalue weighted by Crippen LogP contribution is -2.10. The third-order valence-corrected chi connectivity index (χ3v) is 2.82. The van der Waals surface area contributed by atoms with Crippen LogP contribution in [0.15, 0.2) is 30.3 Å². The highest BCUT2D eigenvalue weighted by atomic mass is 16.5. The molecule has 0 atom stereocenters. The molecule has 2 N–H and O–H groups in total. The van der Waals surface area contributed by atoms with Gasteiger partial charge in [-0.3, -0.25) is 4.68 Å². The Morgan fingerprint density at radius 2 is 2.16 bits per heavy atom. The Kier molecular flexibility index (Phi) is 3.85. The summed E-state index contributed by atoms with van der Waals surface area (Å²) in [7, 11) is 0. The van der Waals surface area contributed by atoms with Gasteiger partial charge in [-0.05, 0) is 32.0 Å². The monoisotopic (exact) mass is 259 g/mol. The number of anilines is 1. The van der Waals surface area contributed by atoms with Crippen molar-refractivity contribution in [2.45, 2.75) is 27.0 Å². The molecule has 1 aromatic carbocycles. The summed E-state index contributed by atoms with van der Waals surface area (Å²) in [4.78, 5) is 11.9. The van der Waals surface area contributed by atoms with Crippen molar-refractivity contribution in [2.75, 3.05) is 5.73 Å². The molecule has 0 aliphatic carbocycles. The second-order valence-electron chi connectivity index (χ2n) is 4.26. The van der Waals surface area contributed by atoms with Crippen LogP contribution < -0.4 is 5.73 Å². The normalized spacial score (nSPS) is 10.4. The summed E-state index contributed by atoms with van der Waals surface area (Å²) in [6.07, 6.45) is 0. The van der Waals surface area contributed by atoms with Gasteiger partial charge in [0.25, 0.3) is 0 Å². The molecule has 1 aromatic heterocycles. The van der Waals surface area contributed by atoms with Crippen LogP contribution in [0.4, 0.5) is 5.69 Å². The van der Waals surface area contributed by atoms with Crippen molar-refractivity contribution in [3.8, 4) is 0 Å².